The molecule has 1 aliphatic rings. The summed E-state index contributed by atoms with van der Waals surface area (Å²) in [6.45, 7) is 7.77. The van der Waals surface area contributed by atoms with Crippen molar-refractivity contribution in [3.63, 3.8) is 0 Å². The van der Waals surface area contributed by atoms with Crippen LogP contribution in [0.15, 0.2) is 47.3 Å². The molecule has 0 aliphatic carbocycles. The van der Waals surface area contributed by atoms with E-state index >= 15 is 0 Å². The third-order valence-electron chi connectivity index (χ3n) is 5.18. The van der Waals surface area contributed by atoms with Crippen LogP contribution in [0.3, 0.4) is 0 Å². The predicted molar refractivity (Wildman–Crippen MR) is 123 cm³/mol. The number of H-pyrrole nitrogens is 1. The first kappa shape index (κ1) is 22.1. The summed E-state index contributed by atoms with van der Waals surface area (Å²) in [5, 5.41) is 0.155. The first-order valence-corrected chi connectivity index (χ1v) is 11.8. The van der Waals surface area contributed by atoms with E-state index in [1.54, 1.807) is 16.4 Å². The molecule has 158 valence electrons. The summed E-state index contributed by atoms with van der Waals surface area (Å²) in [4.78, 5) is 14.9. The molecule has 0 spiro atoms. The molecule has 2 aromatic rings. The van der Waals surface area contributed by atoms with Gasteiger partial charge in [0.1, 0.15) is 5.02 Å². The Bertz CT molecular complexity index is 946. The molecule has 1 saturated heterocycles. The molecule has 1 aromatic carbocycles. The van der Waals surface area contributed by atoms with Gasteiger partial charge in [0.25, 0.3) is 5.56 Å². The Morgan fingerprint density at radius 1 is 1.21 bits per heavy atom. The number of benzene rings is 1. The van der Waals surface area contributed by atoms with Gasteiger partial charge in [0.15, 0.2) is 0 Å². The molecule has 3 rings (SSSR count). The van der Waals surface area contributed by atoms with E-state index in [2.05, 4.69) is 50.0 Å². The van der Waals surface area contributed by atoms with E-state index in [-0.39, 0.29) is 16.0 Å². The summed E-state index contributed by atoms with van der Waals surface area (Å²) in [6.07, 6.45) is 3.48. The van der Waals surface area contributed by atoms with Crippen molar-refractivity contribution in [2.45, 2.75) is 39.0 Å². The van der Waals surface area contributed by atoms with E-state index in [9.17, 15) is 13.9 Å². The van der Waals surface area contributed by atoms with Gasteiger partial charge in [0.2, 0.25) is 0 Å². The highest BCUT2D eigenvalue weighted by molar-refractivity contribution is 8.22. The molecule has 2 heterocycles. The number of pyridine rings is 1. The first-order valence-electron chi connectivity index (χ1n) is 9.79. The number of hydrogen-bond acceptors (Lipinski definition) is 4. The summed E-state index contributed by atoms with van der Waals surface area (Å²) in [5.41, 5.74) is 3.54. The Balaban J connectivity index is 1.91. The van der Waals surface area contributed by atoms with E-state index in [4.69, 9.17) is 11.6 Å². The maximum atomic E-state index is 12.0. The molecule has 1 aliphatic heterocycles. The minimum absolute atomic E-state index is 0.0567. The van der Waals surface area contributed by atoms with Gasteiger partial charge in [-0.3, -0.25) is 13.9 Å². The summed E-state index contributed by atoms with van der Waals surface area (Å²) in [5.74, 6) is 0.447. The van der Waals surface area contributed by atoms with Crippen molar-refractivity contribution in [3.05, 3.63) is 74.7 Å². The number of halogens is 1. The highest BCUT2D eigenvalue weighted by atomic mass is 35.5. The van der Waals surface area contributed by atoms with Gasteiger partial charge in [-0.2, -0.15) is 0 Å². The average molecular weight is 437 g/mol. The first-order chi connectivity index (χ1) is 13.6. The topological polar surface area (TPSA) is 76.6 Å². The van der Waals surface area contributed by atoms with Gasteiger partial charge in [-0.25, -0.2) is 4.31 Å². The SMILES string of the molecule is CC(C)(C)c1ccc(C(=CCCN2CCCS2(O)O)c2ccc(Cl)c(=O)[nH]2)cc1. The standard InChI is InChI=1S/C22H29ClN2O3S/c1-22(2,3)17-9-7-16(8-10-17)18(20-12-11-19(23)21(26)24-20)6-4-13-25-14-5-15-29(25,27)28/h6-12,27-28H,4-5,13-15H2,1-3H3,(H,24,26). The van der Waals surface area contributed by atoms with Crippen LogP contribution in [0.5, 0.6) is 0 Å². The molecular weight excluding hydrogens is 408 g/mol. The highest BCUT2D eigenvalue weighted by Gasteiger charge is 2.27. The van der Waals surface area contributed by atoms with Gasteiger partial charge in [-0.1, -0.05) is 62.7 Å². The van der Waals surface area contributed by atoms with Gasteiger partial charge >= 0.3 is 0 Å². The van der Waals surface area contributed by atoms with Gasteiger partial charge in [0.05, 0.1) is 5.75 Å². The van der Waals surface area contributed by atoms with Gasteiger partial charge in [0, 0.05) is 24.4 Å². The largest absolute Gasteiger partial charge is 0.321 e. The summed E-state index contributed by atoms with van der Waals surface area (Å²) < 4.78 is 22.0. The van der Waals surface area contributed by atoms with Crippen LogP contribution in [0.25, 0.3) is 5.57 Å². The fraction of sp³-hybridized carbons (Fsp3) is 0.409. The Morgan fingerprint density at radius 2 is 1.90 bits per heavy atom. The molecule has 5 nitrogen and oxygen atoms in total. The zero-order valence-corrected chi connectivity index (χ0v) is 18.7. The second kappa shape index (κ2) is 8.66. The van der Waals surface area contributed by atoms with Crippen LogP contribution in [0.4, 0.5) is 0 Å². The molecule has 7 heteroatoms. The van der Waals surface area contributed by atoms with E-state index in [1.165, 1.54) is 5.56 Å². The molecule has 0 unspecified atom stereocenters. The Hall–Kier alpha value is -1.57. The van der Waals surface area contributed by atoms with Crippen LogP contribution >= 0.6 is 22.4 Å². The molecule has 1 aromatic heterocycles. The molecule has 0 radical (unpaired) electrons. The molecule has 29 heavy (non-hydrogen) atoms. The molecule has 1 fully saturated rings. The molecule has 0 saturated carbocycles. The summed E-state index contributed by atoms with van der Waals surface area (Å²) in [6, 6.07) is 11.7. The lowest BCUT2D eigenvalue weighted by Crippen LogP contribution is -2.23. The van der Waals surface area contributed by atoms with Crippen molar-refractivity contribution in [1.82, 2.24) is 9.29 Å². The van der Waals surface area contributed by atoms with Crippen LogP contribution in [0.1, 0.15) is 50.4 Å². The van der Waals surface area contributed by atoms with Crippen molar-refractivity contribution < 1.29 is 9.11 Å². The lowest BCUT2D eigenvalue weighted by molar-refractivity contribution is 0.382. The number of nitrogens with one attached hydrogen (secondary N) is 1. The fourth-order valence-corrected chi connectivity index (χ4v) is 5.17. The van der Waals surface area contributed by atoms with Crippen LogP contribution in [0.2, 0.25) is 5.02 Å². The predicted octanol–water partition coefficient (Wildman–Crippen LogP) is 5.52. The van der Waals surface area contributed by atoms with Gasteiger partial charge in [-0.15, -0.1) is 10.8 Å². The number of aromatic amines is 1. The maximum Gasteiger partial charge on any atom is 0.267 e. The van der Waals surface area contributed by atoms with E-state index in [1.807, 2.05) is 6.08 Å². The van der Waals surface area contributed by atoms with Crippen molar-refractivity contribution in [1.29, 1.82) is 0 Å². The second-order valence-electron chi connectivity index (χ2n) is 8.40. The number of nitrogens with zero attached hydrogens (tertiary/aromatic N) is 1. The summed E-state index contributed by atoms with van der Waals surface area (Å²) >= 11 is 5.90. The Kier molecular flexibility index (Phi) is 6.61. The molecule has 0 amide bonds. The lowest BCUT2D eigenvalue weighted by Gasteiger charge is -2.36. The minimum atomic E-state index is -2.62. The van der Waals surface area contributed by atoms with Crippen molar-refractivity contribution in [3.8, 4) is 0 Å². The monoisotopic (exact) mass is 436 g/mol. The van der Waals surface area contributed by atoms with Gasteiger partial charge < -0.3 is 4.98 Å². The van der Waals surface area contributed by atoms with Crippen LogP contribution in [0, 0.1) is 0 Å². The number of hydrogen-bond donors (Lipinski definition) is 3. The quantitative estimate of drug-likeness (QED) is 0.576. The molecule has 0 bridgehead atoms. The maximum absolute atomic E-state index is 12.0. The third-order valence-corrected chi connectivity index (χ3v) is 7.51. The minimum Gasteiger partial charge on any atom is -0.321 e. The van der Waals surface area contributed by atoms with Crippen LogP contribution in [-0.4, -0.2) is 37.2 Å². The average Bonchev–Trinajstić information content (AvgIpc) is 2.99. The zero-order chi connectivity index (χ0) is 21.2. The van der Waals surface area contributed by atoms with E-state index in [0.29, 0.717) is 31.0 Å². The number of rotatable bonds is 5. The number of aromatic nitrogens is 1. The Labute approximate surface area is 178 Å². The van der Waals surface area contributed by atoms with Crippen LogP contribution < -0.4 is 5.56 Å². The zero-order valence-electron chi connectivity index (χ0n) is 17.1. The molecule has 3 N–H and O–H groups in total. The van der Waals surface area contributed by atoms with Crippen molar-refractivity contribution in [2.24, 2.45) is 0 Å². The molecular formula is C22H29ClN2O3S. The lowest BCUT2D eigenvalue weighted by atomic mass is 9.86. The summed E-state index contributed by atoms with van der Waals surface area (Å²) in [7, 11) is -2.62. The van der Waals surface area contributed by atoms with E-state index in [0.717, 1.165) is 17.6 Å². The second-order valence-corrected chi connectivity index (χ2v) is 11.0. The fourth-order valence-electron chi connectivity index (χ4n) is 3.47. The normalized spacial score (nSPS) is 18.8. The molecule has 0 atom stereocenters. The van der Waals surface area contributed by atoms with Crippen LogP contribution in [-0.2, 0) is 5.41 Å². The van der Waals surface area contributed by atoms with Crippen molar-refractivity contribution in [2.75, 3.05) is 18.8 Å². The Morgan fingerprint density at radius 3 is 2.45 bits per heavy atom. The third kappa shape index (κ3) is 5.32. The van der Waals surface area contributed by atoms with Gasteiger partial charge in [-0.05, 0) is 41.5 Å². The van der Waals surface area contributed by atoms with E-state index < -0.39 is 10.8 Å². The smallest absolute Gasteiger partial charge is 0.267 e. The highest BCUT2D eigenvalue weighted by Crippen LogP contribution is 2.48. The van der Waals surface area contributed by atoms with Crippen molar-refractivity contribution >= 4 is 27.9 Å².